The first-order valence-corrected chi connectivity index (χ1v) is 9.39. The van der Waals surface area contributed by atoms with E-state index >= 15 is 0 Å². The second kappa shape index (κ2) is 7.28. The predicted molar refractivity (Wildman–Crippen MR) is 100 cm³/mol. The number of carbonyl (C=O) groups excluding carboxylic acids is 2. The van der Waals surface area contributed by atoms with Crippen LogP contribution in [0.1, 0.15) is 52.1 Å². The lowest BCUT2D eigenvalue weighted by molar-refractivity contribution is 0.0755. The number of carbonyl (C=O) groups is 2. The Morgan fingerprint density at radius 2 is 1.65 bits per heavy atom. The minimum absolute atomic E-state index is 0.0663. The van der Waals surface area contributed by atoms with Gasteiger partial charge in [-0.1, -0.05) is 31.0 Å². The SMILES string of the molecule is O=C(c1cc(C(=O)N2CCc3ccccc32)ccn1)N1CCCCCC1. The zero-order valence-electron chi connectivity index (χ0n) is 14.9. The van der Waals surface area contributed by atoms with Crippen LogP contribution >= 0.6 is 0 Å². The molecule has 5 heteroatoms. The van der Waals surface area contributed by atoms with Gasteiger partial charge in [0.25, 0.3) is 11.8 Å². The Bertz CT molecular complexity index is 826. The van der Waals surface area contributed by atoms with Gasteiger partial charge in [-0.15, -0.1) is 0 Å². The van der Waals surface area contributed by atoms with E-state index in [1.807, 2.05) is 23.1 Å². The van der Waals surface area contributed by atoms with Gasteiger partial charge in [0, 0.05) is 37.1 Å². The van der Waals surface area contributed by atoms with Crippen molar-refractivity contribution in [2.24, 2.45) is 0 Å². The van der Waals surface area contributed by atoms with E-state index in [1.165, 1.54) is 18.4 Å². The molecule has 1 saturated heterocycles. The van der Waals surface area contributed by atoms with Crippen molar-refractivity contribution in [1.82, 2.24) is 9.88 Å². The number of para-hydroxylation sites is 1. The van der Waals surface area contributed by atoms with Crippen molar-refractivity contribution in [3.8, 4) is 0 Å². The zero-order valence-corrected chi connectivity index (χ0v) is 14.9. The molecule has 2 aliphatic heterocycles. The first-order chi connectivity index (χ1) is 12.7. The van der Waals surface area contributed by atoms with Crippen LogP contribution in [0.4, 0.5) is 5.69 Å². The highest BCUT2D eigenvalue weighted by molar-refractivity contribution is 6.08. The van der Waals surface area contributed by atoms with E-state index in [0.29, 0.717) is 17.8 Å². The average Bonchev–Trinajstić information content (AvgIpc) is 2.93. The molecule has 134 valence electrons. The summed E-state index contributed by atoms with van der Waals surface area (Å²) in [5.41, 5.74) is 3.05. The number of pyridine rings is 1. The molecule has 2 aliphatic rings. The third kappa shape index (κ3) is 3.21. The van der Waals surface area contributed by atoms with Gasteiger partial charge in [0.15, 0.2) is 0 Å². The molecule has 0 N–H and O–H groups in total. The van der Waals surface area contributed by atoms with Crippen LogP contribution in [0.5, 0.6) is 0 Å². The smallest absolute Gasteiger partial charge is 0.272 e. The van der Waals surface area contributed by atoms with E-state index in [2.05, 4.69) is 11.1 Å². The molecule has 0 aliphatic carbocycles. The number of nitrogens with zero attached hydrogens (tertiary/aromatic N) is 3. The quantitative estimate of drug-likeness (QED) is 0.836. The summed E-state index contributed by atoms with van der Waals surface area (Å²) in [4.78, 5) is 33.7. The zero-order chi connectivity index (χ0) is 17.9. The molecule has 0 radical (unpaired) electrons. The Morgan fingerprint density at radius 3 is 2.46 bits per heavy atom. The van der Waals surface area contributed by atoms with Gasteiger partial charge in [0.05, 0.1) is 0 Å². The van der Waals surface area contributed by atoms with Crippen molar-refractivity contribution in [3.05, 3.63) is 59.4 Å². The van der Waals surface area contributed by atoms with E-state index in [1.54, 1.807) is 23.2 Å². The number of anilines is 1. The molecule has 5 nitrogen and oxygen atoms in total. The number of fused-ring (bicyclic) bond motifs is 1. The molecule has 3 heterocycles. The van der Waals surface area contributed by atoms with Crippen LogP contribution in [0.2, 0.25) is 0 Å². The number of hydrogen-bond donors (Lipinski definition) is 0. The van der Waals surface area contributed by atoms with Gasteiger partial charge >= 0.3 is 0 Å². The molecule has 2 aromatic rings. The molecule has 0 unspecified atom stereocenters. The van der Waals surface area contributed by atoms with Crippen molar-refractivity contribution in [2.75, 3.05) is 24.5 Å². The maximum Gasteiger partial charge on any atom is 0.272 e. The van der Waals surface area contributed by atoms with Crippen molar-refractivity contribution >= 4 is 17.5 Å². The van der Waals surface area contributed by atoms with Gasteiger partial charge < -0.3 is 9.80 Å². The van der Waals surface area contributed by atoms with E-state index in [0.717, 1.165) is 38.0 Å². The average molecular weight is 349 g/mol. The van der Waals surface area contributed by atoms with Crippen LogP contribution in [-0.2, 0) is 6.42 Å². The van der Waals surface area contributed by atoms with Crippen LogP contribution in [0.15, 0.2) is 42.6 Å². The summed E-state index contributed by atoms with van der Waals surface area (Å²) in [5, 5.41) is 0. The fraction of sp³-hybridized carbons (Fsp3) is 0.381. The van der Waals surface area contributed by atoms with E-state index < -0.39 is 0 Å². The highest BCUT2D eigenvalue weighted by atomic mass is 16.2. The van der Waals surface area contributed by atoms with Crippen molar-refractivity contribution in [1.29, 1.82) is 0 Å². The third-order valence-electron chi connectivity index (χ3n) is 5.25. The minimum Gasteiger partial charge on any atom is -0.337 e. The van der Waals surface area contributed by atoms with E-state index in [-0.39, 0.29) is 11.8 Å². The van der Waals surface area contributed by atoms with Crippen LogP contribution < -0.4 is 4.90 Å². The molecule has 4 rings (SSSR count). The molecular weight excluding hydrogens is 326 g/mol. The molecular formula is C21H23N3O2. The van der Waals surface area contributed by atoms with Gasteiger partial charge in [-0.05, 0) is 43.0 Å². The van der Waals surface area contributed by atoms with Crippen molar-refractivity contribution in [2.45, 2.75) is 32.1 Å². The first kappa shape index (κ1) is 16.8. The van der Waals surface area contributed by atoms with E-state index in [9.17, 15) is 9.59 Å². The summed E-state index contributed by atoms with van der Waals surface area (Å²) in [7, 11) is 0. The van der Waals surface area contributed by atoms with Crippen LogP contribution in [0.25, 0.3) is 0 Å². The minimum atomic E-state index is -0.0673. The molecule has 0 atom stereocenters. The Balaban J connectivity index is 1.56. The second-order valence-corrected chi connectivity index (χ2v) is 6.97. The highest BCUT2D eigenvalue weighted by Gasteiger charge is 2.26. The Kier molecular flexibility index (Phi) is 4.69. The van der Waals surface area contributed by atoms with Gasteiger partial charge in [0.1, 0.15) is 5.69 Å². The fourth-order valence-electron chi connectivity index (χ4n) is 3.82. The standard InChI is InChI=1S/C21H23N3O2/c25-20(24-14-10-16-7-3-4-8-19(16)24)17-9-11-22-18(15-17)21(26)23-12-5-1-2-6-13-23/h3-4,7-9,11,15H,1-2,5-6,10,12-14H2. The monoisotopic (exact) mass is 349 g/mol. The largest absolute Gasteiger partial charge is 0.337 e. The molecule has 1 aromatic carbocycles. The van der Waals surface area contributed by atoms with Gasteiger partial charge in [0.2, 0.25) is 0 Å². The lowest BCUT2D eigenvalue weighted by Crippen LogP contribution is -2.33. The summed E-state index contributed by atoms with van der Waals surface area (Å²) in [5.74, 6) is -0.134. The predicted octanol–water partition coefficient (Wildman–Crippen LogP) is 3.30. The van der Waals surface area contributed by atoms with Crippen molar-refractivity contribution in [3.63, 3.8) is 0 Å². The van der Waals surface area contributed by atoms with Crippen molar-refractivity contribution < 1.29 is 9.59 Å². The summed E-state index contributed by atoms with van der Waals surface area (Å²) in [6.45, 7) is 2.23. The summed E-state index contributed by atoms with van der Waals surface area (Å²) in [6.07, 6.45) is 6.85. The lowest BCUT2D eigenvalue weighted by atomic mass is 10.1. The third-order valence-corrected chi connectivity index (χ3v) is 5.25. The second-order valence-electron chi connectivity index (χ2n) is 6.97. The summed E-state index contributed by atoms with van der Waals surface area (Å²) >= 11 is 0. The molecule has 0 saturated carbocycles. The number of likely N-dealkylation sites (tertiary alicyclic amines) is 1. The lowest BCUT2D eigenvalue weighted by Gasteiger charge is -2.21. The number of benzene rings is 1. The Labute approximate surface area is 153 Å². The maximum absolute atomic E-state index is 13.0. The maximum atomic E-state index is 13.0. The molecule has 0 bridgehead atoms. The van der Waals surface area contributed by atoms with Crippen LogP contribution in [-0.4, -0.2) is 41.3 Å². The fourth-order valence-corrected chi connectivity index (χ4v) is 3.82. The number of rotatable bonds is 2. The number of aromatic nitrogens is 1. The van der Waals surface area contributed by atoms with Gasteiger partial charge in [-0.25, -0.2) is 0 Å². The summed E-state index contributed by atoms with van der Waals surface area (Å²) in [6, 6.07) is 11.3. The van der Waals surface area contributed by atoms with Gasteiger partial charge in [-0.2, -0.15) is 0 Å². The van der Waals surface area contributed by atoms with Crippen LogP contribution in [0.3, 0.4) is 0 Å². The number of amides is 2. The molecule has 2 amide bonds. The number of hydrogen-bond acceptors (Lipinski definition) is 3. The molecule has 0 spiro atoms. The highest BCUT2D eigenvalue weighted by Crippen LogP contribution is 2.28. The Morgan fingerprint density at radius 1 is 0.885 bits per heavy atom. The topological polar surface area (TPSA) is 53.5 Å². The van der Waals surface area contributed by atoms with Crippen LogP contribution in [0, 0.1) is 0 Å². The van der Waals surface area contributed by atoms with E-state index in [4.69, 9.17) is 0 Å². The van der Waals surface area contributed by atoms with Gasteiger partial charge in [-0.3, -0.25) is 14.6 Å². The Hall–Kier alpha value is -2.69. The summed E-state index contributed by atoms with van der Waals surface area (Å²) < 4.78 is 0. The normalized spacial score (nSPS) is 16.9. The molecule has 1 aromatic heterocycles. The molecule has 26 heavy (non-hydrogen) atoms. The first-order valence-electron chi connectivity index (χ1n) is 9.39. The molecule has 1 fully saturated rings.